The number of morpholine rings is 1. The fraction of sp³-hybridized carbons (Fsp3) is 0.462. The molecule has 4 nitrogen and oxygen atoms in total. The lowest BCUT2D eigenvalue weighted by Crippen LogP contribution is -2.40. The minimum atomic E-state index is 0.715. The highest BCUT2D eigenvalue weighted by Crippen LogP contribution is 2.26. The molecule has 0 aliphatic carbocycles. The minimum absolute atomic E-state index is 0.715. The Kier molecular flexibility index (Phi) is 4.38. The van der Waals surface area contributed by atoms with Gasteiger partial charge in [-0.2, -0.15) is 0 Å². The molecule has 0 atom stereocenters. The van der Waals surface area contributed by atoms with E-state index in [0.29, 0.717) is 13.2 Å². The van der Waals surface area contributed by atoms with Crippen molar-refractivity contribution in [2.24, 2.45) is 0 Å². The van der Waals surface area contributed by atoms with E-state index in [4.69, 9.17) is 26.4 Å². The number of benzene rings is 1. The normalized spacial score (nSPS) is 15.3. The predicted molar refractivity (Wildman–Crippen MR) is 73.6 cm³/mol. The molecule has 2 rings (SSSR count). The van der Waals surface area contributed by atoms with Crippen LogP contribution in [0, 0.1) is 0 Å². The number of methoxy groups -OCH3 is 2. The Bertz CT molecular complexity index is 430. The third-order valence-electron chi connectivity index (χ3n) is 2.94. The Balaban J connectivity index is 2.26. The Morgan fingerprint density at radius 2 is 1.94 bits per heavy atom. The van der Waals surface area contributed by atoms with Gasteiger partial charge in [-0.3, -0.25) is 0 Å². The maximum absolute atomic E-state index is 5.54. The summed E-state index contributed by atoms with van der Waals surface area (Å²) in [5.74, 6) is 1.55. The van der Waals surface area contributed by atoms with Crippen LogP contribution >= 0.6 is 12.2 Å². The van der Waals surface area contributed by atoms with Gasteiger partial charge in [0.1, 0.15) is 16.5 Å². The summed E-state index contributed by atoms with van der Waals surface area (Å²) in [7, 11) is 3.29. The van der Waals surface area contributed by atoms with Crippen molar-refractivity contribution in [3.63, 3.8) is 0 Å². The third kappa shape index (κ3) is 2.73. The van der Waals surface area contributed by atoms with Crippen molar-refractivity contribution in [2.75, 3.05) is 40.5 Å². The SMILES string of the molecule is COc1ccc(OC)c(C(=S)N2CCOCC2)c1. The van der Waals surface area contributed by atoms with Crippen molar-refractivity contribution in [3.05, 3.63) is 23.8 Å². The molecule has 0 saturated carbocycles. The van der Waals surface area contributed by atoms with E-state index >= 15 is 0 Å². The number of thiocarbonyl (C=S) groups is 1. The molecule has 1 aromatic rings. The van der Waals surface area contributed by atoms with Gasteiger partial charge in [0, 0.05) is 13.1 Å². The Morgan fingerprint density at radius 1 is 1.22 bits per heavy atom. The largest absolute Gasteiger partial charge is 0.497 e. The molecule has 1 heterocycles. The Morgan fingerprint density at radius 3 is 2.56 bits per heavy atom. The van der Waals surface area contributed by atoms with Crippen molar-refractivity contribution >= 4 is 17.2 Å². The van der Waals surface area contributed by atoms with E-state index in [2.05, 4.69) is 4.90 Å². The van der Waals surface area contributed by atoms with Crippen molar-refractivity contribution < 1.29 is 14.2 Å². The van der Waals surface area contributed by atoms with Crippen LogP contribution in [0.1, 0.15) is 5.56 Å². The van der Waals surface area contributed by atoms with Gasteiger partial charge >= 0.3 is 0 Å². The zero-order valence-electron chi connectivity index (χ0n) is 10.6. The van der Waals surface area contributed by atoms with Crippen LogP contribution < -0.4 is 9.47 Å². The lowest BCUT2D eigenvalue weighted by Gasteiger charge is -2.29. The van der Waals surface area contributed by atoms with Gasteiger partial charge in [-0.1, -0.05) is 12.2 Å². The first-order chi connectivity index (χ1) is 8.76. The summed E-state index contributed by atoms with van der Waals surface area (Å²) in [5, 5.41) is 0. The number of nitrogens with zero attached hydrogens (tertiary/aromatic N) is 1. The van der Waals surface area contributed by atoms with Crippen LogP contribution in [0.2, 0.25) is 0 Å². The van der Waals surface area contributed by atoms with E-state index in [1.54, 1.807) is 14.2 Å². The second-order valence-corrected chi connectivity index (χ2v) is 4.36. The fourth-order valence-electron chi connectivity index (χ4n) is 1.92. The molecule has 1 aliphatic rings. The summed E-state index contributed by atoms with van der Waals surface area (Å²) in [6, 6.07) is 5.65. The van der Waals surface area contributed by atoms with Gasteiger partial charge in [0.2, 0.25) is 0 Å². The first-order valence-corrected chi connectivity index (χ1v) is 6.26. The maximum atomic E-state index is 5.54. The van der Waals surface area contributed by atoms with E-state index in [0.717, 1.165) is 35.1 Å². The molecule has 0 radical (unpaired) electrons. The van der Waals surface area contributed by atoms with Gasteiger partial charge in [-0.05, 0) is 18.2 Å². The quantitative estimate of drug-likeness (QED) is 0.778. The van der Waals surface area contributed by atoms with E-state index in [-0.39, 0.29) is 0 Å². The van der Waals surface area contributed by atoms with Gasteiger partial charge in [0.05, 0.1) is 33.0 Å². The molecule has 0 unspecified atom stereocenters. The zero-order valence-corrected chi connectivity index (χ0v) is 11.5. The van der Waals surface area contributed by atoms with Crippen molar-refractivity contribution in [1.82, 2.24) is 4.90 Å². The van der Waals surface area contributed by atoms with Crippen LogP contribution in [-0.2, 0) is 4.74 Å². The maximum Gasteiger partial charge on any atom is 0.129 e. The summed E-state index contributed by atoms with van der Waals surface area (Å²) in [5.41, 5.74) is 0.897. The van der Waals surface area contributed by atoms with E-state index in [9.17, 15) is 0 Å². The molecule has 0 bridgehead atoms. The second kappa shape index (κ2) is 6.02. The first kappa shape index (κ1) is 13.1. The van der Waals surface area contributed by atoms with Crippen molar-refractivity contribution in [2.45, 2.75) is 0 Å². The highest BCUT2D eigenvalue weighted by atomic mass is 32.1. The van der Waals surface area contributed by atoms with E-state index < -0.39 is 0 Å². The topological polar surface area (TPSA) is 30.9 Å². The molecule has 5 heteroatoms. The van der Waals surface area contributed by atoms with E-state index in [1.165, 1.54) is 0 Å². The smallest absolute Gasteiger partial charge is 0.129 e. The monoisotopic (exact) mass is 267 g/mol. The van der Waals surface area contributed by atoms with Crippen LogP contribution in [-0.4, -0.2) is 50.4 Å². The number of hydrogen-bond donors (Lipinski definition) is 0. The molecule has 98 valence electrons. The van der Waals surface area contributed by atoms with Crippen molar-refractivity contribution in [3.8, 4) is 11.5 Å². The third-order valence-corrected chi connectivity index (χ3v) is 3.41. The fourth-order valence-corrected chi connectivity index (χ4v) is 2.26. The number of ether oxygens (including phenoxy) is 3. The molecular weight excluding hydrogens is 250 g/mol. The van der Waals surface area contributed by atoms with Crippen LogP contribution in [0.3, 0.4) is 0 Å². The van der Waals surface area contributed by atoms with Gasteiger partial charge in [0.25, 0.3) is 0 Å². The molecule has 1 fully saturated rings. The zero-order chi connectivity index (χ0) is 13.0. The molecule has 1 saturated heterocycles. The molecule has 0 aromatic heterocycles. The van der Waals surface area contributed by atoms with Gasteiger partial charge < -0.3 is 19.1 Å². The van der Waals surface area contributed by atoms with E-state index in [1.807, 2.05) is 18.2 Å². The van der Waals surface area contributed by atoms with Crippen LogP contribution in [0.15, 0.2) is 18.2 Å². The highest BCUT2D eigenvalue weighted by Gasteiger charge is 2.18. The molecule has 18 heavy (non-hydrogen) atoms. The van der Waals surface area contributed by atoms with Crippen LogP contribution in [0.4, 0.5) is 0 Å². The number of hydrogen-bond acceptors (Lipinski definition) is 4. The molecule has 0 spiro atoms. The minimum Gasteiger partial charge on any atom is -0.497 e. The molecule has 1 aromatic carbocycles. The lowest BCUT2D eigenvalue weighted by molar-refractivity contribution is 0.0692. The van der Waals surface area contributed by atoms with Crippen LogP contribution in [0.5, 0.6) is 11.5 Å². The van der Waals surface area contributed by atoms with Crippen LogP contribution in [0.25, 0.3) is 0 Å². The number of rotatable bonds is 3. The molecule has 0 amide bonds. The molecule has 0 N–H and O–H groups in total. The molecular formula is C13H17NO3S. The predicted octanol–water partition coefficient (Wildman–Crippen LogP) is 1.71. The average Bonchev–Trinajstić information content (AvgIpc) is 2.46. The summed E-state index contributed by atoms with van der Waals surface area (Å²) < 4.78 is 15.9. The second-order valence-electron chi connectivity index (χ2n) is 3.97. The summed E-state index contributed by atoms with van der Waals surface area (Å²) in [4.78, 5) is 2.92. The molecule has 1 aliphatic heterocycles. The summed E-state index contributed by atoms with van der Waals surface area (Å²) in [6.45, 7) is 3.07. The van der Waals surface area contributed by atoms with Gasteiger partial charge in [-0.15, -0.1) is 0 Å². The van der Waals surface area contributed by atoms with Crippen molar-refractivity contribution in [1.29, 1.82) is 0 Å². The summed E-state index contributed by atoms with van der Waals surface area (Å²) >= 11 is 5.54. The average molecular weight is 267 g/mol. The lowest BCUT2D eigenvalue weighted by atomic mass is 10.1. The highest BCUT2D eigenvalue weighted by molar-refractivity contribution is 7.80. The first-order valence-electron chi connectivity index (χ1n) is 5.85. The summed E-state index contributed by atoms with van der Waals surface area (Å²) in [6.07, 6.45) is 0. The Labute approximate surface area is 112 Å². The Hall–Kier alpha value is -1.33. The standard InChI is InChI=1S/C13H17NO3S/c1-15-10-3-4-12(16-2)11(9-10)13(18)14-5-7-17-8-6-14/h3-4,9H,5-8H2,1-2H3. The van der Waals surface area contributed by atoms with Gasteiger partial charge in [-0.25, -0.2) is 0 Å². The van der Waals surface area contributed by atoms with Gasteiger partial charge in [0.15, 0.2) is 0 Å².